The third-order valence-electron chi connectivity index (χ3n) is 5.20. The molecular formula is C20H27N7O2. The van der Waals surface area contributed by atoms with E-state index in [9.17, 15) is 4.79 Å². The van der Waals surface area contributed by atoms with Gasteiger partial charge in [-0.2, -0.15) is 5.10 Å². The molecule has 0 spiro atoms. The van der Waals surface area contributed by atoms with E-state index in [0.29, 0.717) is 12.4 Å². The largest absolute Gasteiger partial charge is 0.445 e. The van der Waals surface area contributed by atoms with Crippen molar-refractivity contribution in [2.24, 2.45) is 0 Å². The van der Waals surface area contributed by atoms with Crippen molar-refractivity contribution in [3.63, 3.8) is 0 Å². The van der Waals surface area contributed by atoms with Crippen LogP contribution in [0.5, 0.6) is 0 Å². The first-order valence-corrected chi connectivity index (χ1v) is 9.96. The third-order valence-corrected chi connectivity index (χ3v) is 5.20. The minimum absolute atomic E-state index is 0.0896. The Labute approximate surface area is 169 Å². The molecule has 1 fully saturated rings. The third kappa shape index (κ3) is 4.63. The normalized spacial score (nSPS) is 15.8. The molecule has 0 bridgehead atoms. The van der Waals surface area contributed by atoms with E-state index in [2.05, 4.69) is 25.0 Å². The maximum Gasteiger partial charge on any atom is 0.266 e. The van der Waals surface area contributed by atoms with E-state index < -0.39 is 0 Å². The van der Waals surface area contributed by atoms with Crippen LogP contribution >= 0.6 is 0 Å². The summed E-state index contributed by atoms with van der Waals surface area (Å²) < 4.78 is 8.88. The molecule has 29 heavy (non-hydrogen) atoms. The molecule has 4 heterocycles. The number of piperazine rings is 1. The monoisotopic (exact) mass is 397 g/mol. The number of rotatable bonds is 6. The van der Waals surface area contributed by atoms with Gasteiger partial charge in [-0.3, -0.25) is 14.6 Å². The highest BCUT2D eigenvalue weighted by Crippen LogP contribution is 2.10. The summed E-state index contributed by atoms with van der Waals surface area (Å²) in [5.74, 6) is 2.29. The second-order valence-corrected chi connectivity index (χ2v) is 7.57. The Bertz CT molecular complexity index is 1030. The van der Waals surface area contributed by atoms with Gasteiger partial charge in [0.25, 0.3) is 5.56 Å². The smallest absolute Gasteiger partial charge is 0.266 e. The summed E-state index contributed by atoms with van der Waals surface area (Å²) in [5, 5.41) is 8.98. The van der Waals surface area contributed by atoms with Gasteiger partial charge in [0.2, 0.25) is 5.89 Å². The second-order valence-electron chi connectivity index (χ2n) is 7.57. The van der Waals surface area contributed by atoms with Crippen LogP contribution in [0, 0.1) is 20.8 Å². The lowest BCUT2D eigenvalue weighted by molar-refractivity contribution is 0.115. The van der Waals surface area contributed by atoms with Crippen LogP contribution in [0.2, 0.25) is 0 Å². The lowest BCUT2D eigenvalue weighted by atomic mass is 10.3. The maximum absolute atomic E-state index is 12.2. The van der Waals surface area contributed by atoms with Crippen LogP contribution in [0.3, 0.4) is 0 Å². The highest BCUT2D eigenvalue weighted by Gasteiger charge is 2.18. The van der Waals surface area contributed by atoms with Crippen LogP contribution in [-0.4, -0.2) is 67.1 Å². The first-order valence-electron chi connectivity index (χ1n) is 9.96. The number of oxazole rings is 1. The van der Waals surface area contributed by atoms with Gasteiger partial charge in [0.05, 0.1) is 25.0 Å². The molecule has 1 aliphatic heterocycles. The van der Waals surface area contributed by atoms with E-state index >= 15 is 0 Å². The second kappa shape index (κ2) is 8.30. The van der Waals surface area contributed by atoms with Gasteiger partial charge >= 0.3 is 0 Å². The average Bonchev–Trinajstić information content (AvgIpc) is 3.26. The van der Waals surface area contributed by atoms with Crippen molar-refractivity contribution in [1.82, 2.24) is 34.3 Å². The van der Waals surface area contributed by atoms with Crippen molar-refractivity contribution in [2.75, 3.05) is 32.7 Å². The fourth-order valence-corrected chi connectivity index (χ4v) is 3.65. The molecule has 0 radical (unpaired) electrons. The molecule has 0 saturated carbocycles. The van der Waals surface area contributed by atoms with Crippen molar-refractivity contribution in [3.8, 4) is 5.82 Å². The van der Waals surface area contributed by atoms with E-state index in [-0.39, 0.29) is 5.56 Å². The Morgan fingerprint density at radius 3 is 2.41 bits per heavy atom. The quantitative estimate of drug-likeness (QED) is 0.617. The lowest BCUT2D eigenvalue weighted by Crippen LogP contribution is -2.47. The molecule has 0 aromatic carbocycles. The molecule has 154 valence electrons. The molecule has 0 N–H and O–H groups in total. The number of aromatic nitrogens is 5. The molecule has 3 aromatic heterocycles. The molecule has 1 aliphatic rings. The van der Waals surface area contributed by atoms with E-state index in [0.717, 1.165) is 62.3 Å². The Morgan fingerprint density at radius 1 is 1.00 bits per heavy atom. The zero-order valence-electron chi connectivity index (χ0n) is 17.2. The number of hydrogen-bond acceptors (Lipinski definition) is 7. The Hall–Kier alpha value is -2.78. The van der Waals surface area contributed by atoms with Gasteiger partial charge in [-0.25, -0.2) is 14.3 Å². The summed E-state index contributed by atoms with van der Waals surface area (Å²) in [6, 6.07) is 5.28. The molecule has 0 amide bonds. The maximum atomic E-state index is 12.2. The topological polar surface area (TPSA) is 85.2 Å². The van der Waals surface area contributed by atoms with Crippen molar-refractivity contribution < 1.29 is 4.42 Å². The SMILES string of the molecule is Cc1cc(C)n(-c2ccc(=O)n(CCN3CCN(Cc4ncc(C)o4)CC3)n2)n1. The standard InChI is InChI=1S/C20H27N7O2/c1-15-12-16(2)27(22-15)18-4-5-20(28)26(23-18)11-10-24-6-8-25(9-7-24)14-19-21-13-17(3)29-19/h4-5,12-13H,6-11,14H2,1-3H3. The molecule has 0 unspecified atom stereocenters. The fraction of sp³-hybridized carbons (Fsp3) is 0.500. The van der Waals surface area contributed by atoms with E-state index in [1.54, 1.807) is 23.0 Å². The minimum atomic E-state index is -0.0896. The predicted octanol–water partition coefficient (Wildman–Crippen LogP) is 1.16. The minimum Gasteiger partial charge on any atom is -0.445 e. The summed E-state index contributed by atoms with van der Waals surface area (Å²) in [6.45, 7) is 11.7. The highest BCUT2D eigenvalue weighted by molar-refractivity contribution is 5.23. The predicted molar refractivity (Wildman–Crippen MR) is 108 cm³/mol. The fourth-order valence-electron chi connectivity index (χ4n) is 3.65. The summed E-state index contributed by atoms with van der Waals surface area (Å²) >= 11 is 0. The van der Waals surface area contributed by atoms with Crippen molar-refractivity contribution in [1.29, 1.82) is 0 Å². The van der Waals surface area contributed by atoms with Crippen molar-refractivity contribution in [2.45, 2.75) is 33.9 Å². The molecule has 4 rings (SSSR count). The first kappa shape index (κ1) is 19.5. The average molecular weight is 397 g/mol. The van der Waals surface area contributed by atoms with Gasteiger partial charge in [-0.15, -0.1) is 5.10 Å². The van der Waals surface area contributed by atoms with E-state index in [1.165, 1.54) is 4.68 Å². The van der Waals surface area contributed by atoms with Crippen LogP contribution in [0.25, 0.3) is 5.82 Å². The van der Waals surface area contributed by atoms with Gasteiger partial charge in [-0.1, -0.05) is 0 Å². The van der Waals surface area contributed by atoms with Crippen LogP contribution < -0.4 is 5.56 Å². The van der Waals surface area contributed by atoms with Gasteiger partial charge in [0, 0.05) is 44.5 Å². The van der Waals surface area contributed by atoms with E-state index in [4.69, 9.17) is 4.42 Å². The molecule has 1 saturated heterocycles. The molecule has 9 heteroatoms. The zero-order valence-corrected chi connectivity index (χ0v) is 17.2. The molecule has 0 aliphatic carbocycles. The summed E-state index contributed by atoms with van der Waals surface area (Å²) in [6.07, 6.45) is 1.76. The van der Waals surface area contributed by atoms with Crippen LogP contribution in [0.15, 0.2) is 33.6 Å². The molecule has 9 nitrogen and oxygen atoms in total. The van der Waals surface area contributed by atoms with Crippen LogP contribution in [0.1, 0.15) is 23.0 Å². The Kier molecular flexibility index (Phi) is 5.59. The van der Waals surface area contributed by atoms with E-state index in [1.807, 2.05) is 26.8 Å². The first-order chi connectivity index (χ1) is 14.0. The molecular weight excluding hydrogens is 370 g/mol. The summed E-state index contributed by atoms with van der Waals surface area (Å²) in [7, 11) is 0. The number of nitrogens with zero attached hydrogens (tertiary/aromatic N) is 7. The highest BCUT2D eigenvalue weighted by atomic mass is 16.4. The van der Waals surface area contributed by atoms with Crippen molar-refractivity contribution in [3.05, 3.63) is 57.8 Å². The number of hydrogen-bond donors (Lipinski definition) is 0. The Balaban J connectivity index is 1.33. The number of aryl methyl sites for hydroxylation is 3. The van der Waals surface area contributed by atoms with Gasteiger partial charge in [0.15, 0.2) is 5.82 Å². The Morgan fingerprint density at radius 2 is 1.76 bits per heavy atom. The molecule has 3 aromatic rings. The van der Waals surface area contributed by atoms with Crippen LogP contribution in [0.4, 0.5) is 0 Å². The lowest BCUT2D eigenvalue weighted by Gasteiger charge is -2.33. The van der Waals surface area contributed by atoms with Gasteiger partial charge in [-0.05, 0) is 32.9 Å². The van der Waals surface area contributed by atoms with Gasteiger partial charge < -0.3 is 4.42 Å². The molecule has 0 atom stereocenters. The zero-order chi connectivity index (χ0) is 20.4. The summed E-state index contributed by atoms with van der Waals surface area (Å²) in [4.78, 5) is 21.2. The van der Waals surface area contributed by atoms with Crippen molar-refractivity contribution >= 4 is 0 Å². The summed E-state index contributed by atoms with van der Waals surface area (Å²) in [5.41, 5.74) is 1.84. The van der Waals surface area contributed by atoms with Gasteiger partial charge in [0.1, 0.15) is 5.76 Å². The van der Waals surface area contributed by atoms with Crippen LogP contribution in [-0.2, 0) is 13.1 Å².